The molecule has 0 radical (unpaired) electrons. The van der Waals surface area contributed by atoms with Crippen LogP contribution in [-0.2, 0) is 21.4 Å². The number of fused-ring (bicyclic) bond motifs is 3. The van der Waals surface area contributed by atoms with Crippen LogP contribution in [0.15, 0.2) is 48.6 Å². The summed E-state index contributed by atoms with van der Waals surface area (Å²) in [6.07, 6.45) is 9.69. The number of allylic oxidation sites excluding steroid dienone is 1. The number of hydrogen-bond donors (Lipinski definition) is 2. The number of ether oxygens (including phenoxy) is 1. The molecule has 1 aliphatic heterocycles. The number of carbonyl (C=O) groups is 2. The smallest absolute Gasteiger partial charge is 0.333 e. The highest BCUT2D eigenvalue weighted by Gasteiger charge is 2.41. The molecular weight excluding hydrogens is 540 g/mol. The van der Waals surface area contributed by atoms with Crippen LogP contribution in [0.25, 0.3) is 0 Å². The lowest BCUT2D eigenvalue weighted by atomic mass is 9.70. The van der Waals surface area contributed by atoms with Gasteiger partial charge in [-0.05, 0) is 86.4 Å². The highest BCUT2D eigenvalue weighted by atomic mass is 35.5. The summed E-state index contributed by atoms with van der Waals surface area (Å²) in [5.74, 6) is -1.80. The van der Waals surface area contributed by atoms with Crippen LogP contribution in [0, 0.1) is 12.8 Å². The molecule has 3 atom stereocenters. The van der Waals surface area contributed by atoms with Crippen molar-refractivity contribution >= 4 is 29.2 Å². The number of unbranched alkanes of at least 4 members (excludes halogenated alkanes) is 3. The molecule has 8 heteroatoms. The topological polar surface area (TPSA) is 90.3 Å². The van der Waals surface area contributed by atoms with Crippen LogP contribution in [-0.4, -0.2) is 66.4 Å². The molecule has 41 heavy (non-hydrogen) atoms. The zero-order chi connectivity index (χ0) is 29.6. The van der Waals surface area contributed by atoms with Gasteiger partial charge in [0.1, 0.15) is 5.75 Å². The first-order valence-corrected chi connectivity index (χ1v) is 15.1. The summed E-state index contributed by atoms with van der Waals surface area (Å²) >= 11 is 6.36. The molecule has 1 heterocycles. The van der Waals surface area contributed by atoms with Crippen LogP contribution in [0.3, 0.4) is 0 Å². The minimum Gasteiger partial charge on any atom is -0.490 e. The number of anilines is 1. The van der Waals surface area contributed by atoms with E-state index < -0.39 is 18.0 Å². The van der Waals surface area contributed by atoms with Gasteiger partial charge in [0.15, 0.2) is 6.10 Å². The molecule has 2 aromatic rings. The average molecular weight is 583 g/mol. The van der Waals surface area contributed by atoms with Crippen LogP contribution in [0.1, 0.15) is 62.1 Å². The lowest BCUT2D eigenvalue weighted by Crippen LogP contribution is -2.46. The molecule has 0 saturated heterocycles. The number of halogens is 1. The Morgan fingerprint density at radius 3 is 2.76 bits per heavy atom. The molecule has 0 fully saturated rings. The molecule has 1 spiro atoms. The van der Waals surface area contributed by atoms with Crippen LogP contribution in [0.4, 0.5) is 5.69 Å². The number of aliphatic hydroxyl groups is 1. The van der Waals surface area contributed by atoms with Crippen LogP contribution in [0.5, 0.6) is 5.75 Å². The summed E-state index contributed by atoms with van der Waals surface area (Å²) in [5, 5.41) is 19.3. The van der Waals surface area contributed by atoms with E-state index in [0.29, 0.717) is 13.2 Å². The van der Waals surface area contributed by atoms with Crippen molar-refractivity contribution in [2.24, 2.45) is 5.92 Å². The van der Waals surface area contributed by atoms with Crippen molar-refractivity contribution in [2.45, 2.75) is 70.3 Å². The summed E-state index contributed by atoms with van der Waals surface area (Å²) in [4.78, 5) is 27.2. The zero-order valence-corrected chi connectivity index (χ0v) is 25.2. The molecule has 0 saturated carbocycles. The second-order valence-corrected chi connectivity index (χ2v) is 12.2. The highest BCUT2D eigenvalue weighted by molar-refractivity contribution is 6.30. The van der Waals surface area contributed by atoms with Crippen molar-refractivity contribution < 1.29 is 24.5 Å². The minimum atomic E-state index is -1.69. The number of benzene rings is 2. The molecular formula is C33H43ClN2O5. The zero-order valence-electron chi connectivity index (χ0n) is 24.4. The van der Waals surface area contributed by atoms with E-state index in [9.17, 15) is 14.7 Å². The fourth-order valence-corrected chi connectivity index (χ4v) is 6.33. The number of nitrogens with zero attached hydrogens (tertiary/aromatic N) is 2. The fourth-order valence-electron chi connectivity index (χ4n) is 6.14. The van der Waals surface area contributed by atoms with E-state index >= 15 is 0 Å². The Kier molecular flexibility index (Phi) is 10.4. The first kappa shape index (κ1) is 30.9. The largest absolute Gasteiger partial charge is 0.490 e. The van der Waals surface area contributed by atoms with Gasteiger partial charge in [0.25, 0.3) is 0 Å². The maximum atomic E-state index is 12.3. The van der Waals surface area contributed by atoms with Gasteiger partial charge in [0.2, 0.25) is 5.91 Å². The van der Waals surface area contributed by atoms with E-state index in [1.54, 1.807) is 7.05 Å². The Balaban J connectivity index is 1.32. The Morgan fingerprint density at radius 2 is 1.98 bits per heavy atom. The molecule has 2 aromatic carbocycles. The normalized spacial score (nSPS) is 19.7. The van der Waals surface area contributed by atoms with E-state index in [-0.39, 0.29) is 11.3 Å². The number of carbonyl (C=O) groups excluding carboxylic acids is 1. The van der Waals surface area contributed by atoms with E-state index in [2.05, 4.69) is 48.2 Å². The number of aliphatic hydroxyl groups excluding tert-OH is 1. The SMILES string of the molecule is Cc1ccc2c(c1)N(CCCCC/C=C\CN(C)C(=O)[C@@H](C)C(O)C(=O)O)C[C@@]1(CCCc3cc(Cl)ccc31)CO2. The van der Waals surface area contributed by atoms with Gasteiger partial charge < -0.3 is 24.7 Å². The predicted molar refractivity (Wildman–Crippen MR) is 163 cm³/mol. The summed E-state index contributed by atoms with van der Waals surface area (Å²) < 4.78 is 6.51. The van der Waals surface area contributed by atoms with Gasteiger partial charge in [0, 0.05) is 37.1 Å². The van der Waals surface area contributed by atoms with Crippen molar-refractivity contribution in [3.63, 3.8) is 0 Å². The lowest BCUT2D eigenvalue weighted by molar-refractivity contribution is -0.155. The van der Waals surface area contributed by atoms with Gasteiger partial charge in [-0.3, -0.25) is 4.79 Å². The average Bonchev–Trinajstić information content (AvgIpc) is 3.10. The van der Waals surface area contributed by atoms with Gasteiger partial charge in [-0.15, -0.1) is 0 Å². The number of amides is 1. The quantitative estimate of drug-likeness (QED) is 0.258. The summed E-state index contributed by atoms with van der Waals surface area (Å²) in [6.45, 7) is 6.49. The van der Waals surface area contributed by atoms with Crippen molar-refractivity contribution in [3.05, 3.63) is 70.3 Å². The van der Waals surface area contributed by atoms with Crippen molar-refractivity contribution in [1.82, 2.24) is 4.90 Å². The van der Waals surface area contributed by atoms with E-state index in [1.165, 1.54) is 34.2 Å². The monoisotopic (exact) mass is 582 g/mol. The Bertz CT molecular complexity index is 1260. The molecule has 4 rings (SSSR count). The molecule has 2 aliphatic rings. The molecule has 0 aromatic heterocycles. The summed E-state index contributed by atoms with van der Waals surface area (Å²) in [5.41, 5.74) is 5.07. The number of carboxylic acid groups (broad SMARTS) is 1. The van der Waals surface area contributed by atoms with Crippen LogP contribution < -0.4 is 9.64 Å². The van der Waals surface area contributed by atoms with E-state index in [1.807, 2.05) is 12.1 Å². The fraction of sp³-hybridized carbons (Fsp3) is 0.515. The van der Waals surface area contributed by atoms with Gasteiger partial charge in [0.05, 0.1) is 18.2 Å². The Labute approximate surface area is 248 Å². The second kappa shape index (κ2) is 13.8. The lowest BCUT2D eigenvalue weighted by Gasteiger charge is -2.41. The highest BCUT2D eigenvalue weighted by Crippen LogP contribution is 2.44. The molecule has 7 nitrogen and oxygen atoms in total. The van der Waals surface area contributed by atoms with Crippen molar-refractivity contribution in [2.75, 3.05) is 38.2 Å². The second-order valence-electron chi connectivity index (χ2n) is 11.7. The maximum Gasteiger partial charge on any atom is 0.333 e. The number of hydrogen-bond acceptors (Lipinski definition) is 5. The molecule has 222 valence electrons. The first-order valence-electron chi connectivity index (χ1n) is 14.7. The van der Waals surface area contributed by atoms with Crippen LogP contribution >= 0.6 is 11.6 Å². The first-order chi connectivity index (χ1) is 19.6. The van der Waals surface area contributed by atoms with Crippen molar-refractivity contribution in [3.8, 4) is 5.75 Å². The standard InChI is InChI=1S/C33H43ClN2O5/c1-23-12-15-29-28(19-23)36(21-33(22-41-29)16-10-11-25-20-26(34)13-14-27(25)33)18-9-7-5-4-6-8-17-35(3)31(38)24(2)30(37)32(39)40/h6,8,12-15,19-20,24,30,37H,4-5,7,9-11,16-18,21-22H2,1-3H3,(H,39,40)/b8-6-/t24-,30?,33-/m0/s1. The molecule has 1 aliphatic carbocycles. The third kappa shape index (κ3) is 7.44. The van der Waals surface area contributed by atoms with Gasteiger partial charge >= 0.3 is 5.97 Å². The molecule has 1 unspecified atom stereocenters. The Hall–Kier alpha value is -3.03. The number of rotatable bonds is 11. The molecule has 1 amide bonds. The number of likely N-dealkylation sites (N-methyl/N-ethyl adjacent to an activating group) is 1. The van der Waals surface area contributed by atoms with Crippen LogP contribution in [0.2, 0.25) is 5.02 Å². The maximum absolute atomic E-state index is 12.3. The van der Waals surface area contributed by atoms with Crippen molar-refractivity contribution in [1.29, 1.82) is 0 Å². The third-order valence-electron chi connectivity index (χ3n) is 8.53. The predicted octanol–water partition coefficient (Wildman–Crippen LogP) is 5.78. The van der Waals surface area contributed by atoms with E-state index in [0.717, 1.165) is 68.8 Å². The van der Waals surface area contributed by atoms with E-state index in [4.69, 9.17) is 21.4 Å². The number of aryl methyl sites for hydroxylation is 2. The van der Waals surface area contributed by atoms with Gasteiger partial charge in [-0.25, -0.2) is 4.79 Å². The summed E-state index contributed by atoms with van der Waals surface area (Å²) in [6, 6.07) is 12.8. The number of carboxylic acids is 1. The third-order valence-corrected chi connectivity index (χ3v) is 8.76. The molecule has 2 N–H and O–H groups in total. The van der Waals surface area contributed by atoms with Gasteiger partial charge in [-0.1, -0.05) is 49.2 Å². The summed E-state index contributed by atoms with van der Waals surface area (Å²) in [7, 11) is 1.62. The minimum absolute atomic E-state index is 0.0602. The molecule has 0 bridgehead atoms. The van der Waals surface area contributed by atoms with Gasteiger partial charge in [-0.2, -0.15) is 0 Å². The Morgan fingerprint density at radius 1 is 1.17 bits per heavy atom. The number of aliphatic carboxylic acids is 1.